The number of aromatic nitrogens is 1. The molecule has 0 aliphatic heterocycles. The average molecular weight is 317 g/mol. The molecule has 2 aromatic rings. The van der Waals surface area contributed by atoms with Gasteiger partial charge in [-0.25, -0.2) is 0 Å². The molecule has 0 unspecified atom stereocenters. The van der Waals surface area contributed by atoms with E-state index in [0.29, 0.717) is 10.7 Å². The smallest absolute Gasteiger partial charge is 0.274 e. The fourth-order valence-electron chi connectivity index (χ4n) is 2.65. The third kappa shape index (κ3) is 2.79. The van der Waals surface area contributed by atoms with E-state index in [-0.39, 0.29) is 23.3 Å². The van der Waals surface area contributed by atoms with Gasteiger partial charge >= 0.3 is 0 Å². The van der Waals surface area contributed by atoms with E-state index in [9.17, 15) is 9.59 Å². The molecule has 114 valence electrons. The van der Waals surface area contributed by atoms with Gasteiger partial charge < -0.3 is 9.88 Å². The van der Waals surface area contributed by atoms with E-state index in [4.69, 9.17) is 11.6 Å². The number of pyridine rings is 1. The molecule has 1 N–H and O–H groups in total. The van der Waals surface area contributed by atoms with Crippen molar-refractivity contribution in [2.45, 2.75) is 19.3 Å². The van der Waals surface area contributed by atoms with E-state index in [2.05, 4.69) is 5.32 Å². The van der Waals surface area contributed by atoms with Gasteiger partial charge in [0, 0.05) is 24.2 Å². The fourth-order valence-corrected chi connectivity index (χ4v) is 2.78. The Morgan fingerprint density at radius 2 is 1.95 bits per heavy atom. The molecule has 22 heavy (non-hydrogen) atoms. The zero-order chi connectivity index (χ0) is 15.9. The average Bonchev–Trinajstić information content (AvgIpc) is 3.29. The largest absolute Gasteiger partial charge is 0.321 e. The van der Waals surface area contributed by atoms with Crippen molar-refractivity contribution >= 4 is 23.2 Å². The van der Waals surface area contributed by atoms with Gasteiger partial charge in [-0.1, -0.05) is 23.7 Å². The predicted molar refractivity (Wildman–Crippen MR) is 87.3 cm³/mol. The van der Waals surface area contributed by atoms with Crippen LogP contribution in [0.15, 0.2) is 41.3 Å². The third-order valence-corrected chi connectivity index (χ3v) is 4.40. The molecule has 3 rings (SSSR count). The minimum atomic E-state index is -0.183. The van der Waals surface area contributed by atoms with Crippen molar-refractivity contribution in [3.63, 3.8) is 0 Å². The van der Waals surface area contributed by atoms with Crippen LogP contribution in [-0.2, 0) is 11.8 Å². The van der Waals surface area contributed by atoms with E-state index in [1.54, 1.807) is 13.2 Å². The molecule has 1 aromatic carbocycles. The molecule has 1 fully saturated rings. The van der Waals surface area contributed by atoms with Crippen molar-refractivity contribution in [1.29, 1.82) is 0 Å². The lowest BCUT2D eigenvalue weighted by Gasteiger charge is -2.09. The van der Waals surface area contributed by atoms with Gasteiger partial charge in [0.15, 0.2) is 0 Å². The lowest BCUT2D eigenvalue weighted by atomic mass is 10.1. The van der Waals surface area contributed by atoms with E-state index < -0.39 is 0 Å². The maximum atomic E-state index is 12.4. The summed E-state index contributed by atoms with van der Waals surface area (Å²) < 4.78 is 1.46. The number of rotatable bonds is 3. The number of hydrogen-bond donors (Lipinski definition) is 1. The van der Waals surface area contributed by atoms with Crippen molar-refractivity contribution in [3.05, 3.63) is 63.0 Å². The summed E-state index contributed by atoms with van der Waals surface area (Å²) in [5.74, 6) is 0.0435. The van der Waals surface area contributed by atoms with Gasteiger partial charge in [-0.05, 0) is 48.6 Å². The van der Waals surface area contributed by atoms with E-state index in [0.717, 1.165) is 17.5 Å². The van der Waals surface area contributed by atoms with Crippen LogP contribution >= 0.6 is 11.6 Å². The molecular weight excluding hydrogens is 300 g/mol. The van der Waals surface area contributed by atoms with Crippen LogP contribution in [0.4, 0.5) is 5.69 Å². The number of carbonyl (C=O) groups is 1. The van der Waals surface area contributed by atoms with Gasteiger partial charge in [0.1, 0.15) is 5.69 Å². The van der Waals surface area contributed by atoms with Crippen LogP contribution in [-0.4, -0.2) is 10.5 Å². The third-order valence-electron chi connectivity index (χ3n) is 4.15. The normalized spacial score (nSPS) is 19.8. The number of halogens is 1. The lowest BCUT2D eigenvalue weighted by molar-refractivity contribution is -0.117. The Morgan fingerprint density at radius 1 is 1.27 bits per heavy atom. The van der Waals surface area contributed by atoms with Crippen LogP contribution in [0.2, 0.25) is 5.02 Å². The predicted octanol–water partition coefficient (Wildman–Crippen LogP) is 3.09. The van der Waals surface area contributed by atoms with Crippen molar-refractivity contribution < 1.29 is 4.79 Å². The van der Waals surface area contributed by atoms with Crippen LogP contribution in [0.3, 0.4) is 0 Å². The van der Waals surface area contributed by atoms with Crippen LogP contribution in [0, 0.1) is 12.8 Å². The highest BCUT2D eigenvalue weighted by Crippen LogP contribution is 2.48. The summed E-state index contributed by atoms with van der Waals surface area (Å²) >= 11 is 5.88. The molecule has 1 aliphatic carbocycles. The molecule has 1 aromatic heterocycles. The standard InChI is InChI=1S/C17H17ClN2O2/c1-10-7-8-20(2)17(22)15(10)19-16(21)14-9-13(14)11-3-5-12(18)6-4-11/h3-8,13-14H,9H2,1-2H3,(H,19,21)/t13-,14-/m1/s1. The fraction of sp³-hybridized carbons (Fsp3) is 0.294. The number of anilines is 1. The SMILES string of the molecule is Cc1ccn(C)c(=O)c1NC(=O)[C@@H]1C[C@@H]1c1ccc(Cl)cc1. The highest BCUT2D eigenvalue weighted by atomic mass is 35.5. The number of nitrogens with one attached hydrogen (secondary N) is 1. The molecule has 0 saturated heterocycles. The van der Waals surface area contributed by atoms with Crippen molar-refractivity contribution in [2.75, 3.05) is 5.32 Å². The molecular formula is C17H17ClN2O2. The molecule has 5 heteroatoms. The summed E-state index contributed by atoms with van der Waals surface area (Å²) in [7, 11) is 1.67. The summed E-state index contributed by atoms with van der Waals surface area (Å²) in [5, 5.41) is 3.48. The van der Waals surface area contributed by atoms with Crippen LogP contribution < -0.4 is 10.9 Å². The minimum absolute atomic E-state index is 0.0783. The van der Waals surface area contributed by atoms with Gasteiger partial charge in [-0.2, -0.15) is 0 Å². The second kappa shape index (κ2) is 5.61. The Kier molecular flexibility index (Phi) is 3.79. The second-order valence-corrected chi connectivity index (χ2v) is 6.22. The topological polar surface area (TPSA) is 51.1 Å². The molecule has 0 bridgehead atoms. The Balaban J connectivity index is 1.74. The zero-order valence-electron chi connectivity index (χ0n) is 12.5. The number of amides is 1. The Hall–Kier alpha value is -2.07. The molecule has 0 radical (unpaired) electrons. The van der Waals surface area contributed by atoms with Gasteiger partial charge in [-0.3, -0.25) is 9.59 Å². The van der Waals surface area contributed by atoms with Gasteiger partial charge in [0.25, 0.3) is 5.56 Å². The highest BCUT2D eigenvalue weighted by Gasteiger charge is 2.44. The van der Waals surface area contributed by atoms with Crippen LogP contribution in [0.25, 0.3) is 0 Å². The first-order chi connectivity index (χ1) is 10.5. The summed E-state index contributed by atoms with van der Waals surface area (Å²) in [5.41, 5.74) is 2.08. The molecule has 1 amide bonds. The molecule has 0 spiro atoms. The Labute approximate surface area is 133 Å². The minimum Gasteiger partial charge on any atom is -0.321 e. The molecule has 4 nitrogen and oxygen atoms in total. The number of hydrogen-bond acceptors (Lipinski definition) is 2. The molecule has 1 heterocycles. The maximum absolute atomic E-state index is 12.4. The number of nitrogens with zero attached hydrogens (tertiary/aromatic N) is 1. The lowest BCUT2D eigenvalue weighted by Crippen LogP contribution is -2.26. The summed E-state index contributed by atoms with van der Waals surface area (Å²) in [6.45, 7) is 1.82. The number of carbonyl (C=O) groups excluding carboxylic acids is 1. The molecule has 1 saturated carbocycles. The first kappa shape index (κ1) is 14.9. The highest BCUT2D eigenvalue weighted by molar-refractivity contribution is 6.30. The quantitative estimate of drug-likeness (QED) is 0.946. The van der Waals surface area contributed by atoms with Crippen molar-refractivity contribution in [1.82, 2.24) is 4.57 Å². The summed E-state index contributed by atoms with van der Waals surface area (Å²) in [6.07, 6.45) is 2.50. The maximum Gasteiger partial charge on any atom is 0.274 e. The first-order valence-electron chi connectivity index (χ1n) is 7.20. The Morgan fingerprint density at radius 3 is 2.64 bits per heavy atom. The van der Waals surface area contributed by atoms with E-state index in [1.165, 1.54) is 4.57 Å². The van der Waals surface area contributed by atoms with E-state index >= 15 is 0 Å². The van der Waals surface area contributed by atoms with Gasteiger partial charge in [-0.15, -0.1) is 0 Å². The van der Waals surface area contributed by atoms with Crippen LogP contribution in [0.5, 0.6) is 0 Å². The van der Waals surface area contributed by atoms with Gasteiger partial charge in [0.2, 0.25) is 5.91 Å². The number of benzene rings is 1. The Bertz CT molecular complexity index is 780. The van der Waals surface area contributed by atoms with Crippen molar-refractivity contribution in [3.8, 4) is 0 Å². The molecule has 1 aliphatic rings. The van der Waals surface area contributed by atoms with Gasteiger partial charge in [0.05, 0.1) is 0 Å². The molecule has 2 atom stereocenters. The second-order valence-electron chi connectivity index (χ2n) is 5.78. The summed E-state index contributed by atoms with van der Waals surface area (Å²) in [6, 6.07) is 9.39. The van der Waals surface area contributed by atoms with Crippen molar-refractivity contribution in [2.24, 2.45) is 13.0 Å². The number of aryl methyl sites for hydroxylation is 2. The van der Waals surface area contributed by atoms with Crippen LogP contribution in [0.1, 0.15) is 23.5 Å². The summed E-state index contributed by atoms with van der Waals surface area (Å²) in [4.78, 5) is 24.4. The van der Waals surface area contributed by atoms with E-state index in [1.807, 2.05) is 37.3 Å². The zero-order valence-corrected chi connectivity index (χ0v) is 13.2. The first-order valence-corrected chi connectivity index (χ1v) is 7.57. The monoisotopic (exact) mass is 316 g/mol.